The highest BCUT2D eigenvalue weighted by molar-refractivity contribution is 6.29. The number of anilines is 1. The first-order chi connectivity index (χ1) is 11.1. The topological polar surface area (TPSA) is 78.5 Å². The van der Waals surface area contributed by atoms with Crippen LogP contribution in [-0.4, -0.2) is 30.9 Å². The van der Waals surface area contributed by atoms with E-state index >= 15 is 0 Å². The van der Waals surface area contributed by atoms with Gasteiger partial charge in [0.2, 0.25) is 0 Å². The molecule has 6 heteroatoms. The third-order valence-corrected chi connectivity index (χ3v) is 3.86. The van der Waals surface area contributed by atoms with Crippen LogP contribution in [0.3, 0.4) is 0 Å². The maximum absolute atomic E-state index is 11.5. The molecular formula is C17H17N3O3. The summed E-state index contributed by atoms with van der Waals surface area (Å²) in [6.07, 6.45) is 7.29. The molecule has 23 heavy (non-hydrogen) atoms. The van der Waals surface area contributed by atoms with Crippen molar-refractivity contribution >= 4 is 29.6 Å². The molecule has 2 N–H and O–H groups in total. The lowest BCUT2D eigenvalue weighted by atomic mass is 10.1. The summed E-state index contributed by atoms with van der Waals surface area (Å²) in [5, 5.41) is 4.06. The van der Waals surface area contributed by atoms with Crippen molar-refractivity contribution in [1.29, 1.82) is 0 Å². The van der Waals surface area contributed by atoms with Crippen LogP contribution in [0, 0.1) is 0 Å². The lowest BCUT2D eigenvalue weighted by Crippen LogP contribution is -2.51. The first-order valence-electron chi connectivity index (χ1n) is 7.53. The Morgan fingerprint density at radius 2 is 1.52 bits per heavy atom. The SMILES string of the molecule is O=C1NC(=O)C(=C/C=C/c2ccc(N3CCCC3)cc2)C(=O)N1. The molecule has 4 amide bonds. The second kappa shape index (κ2) is 6.48. The summed E-state index contributed by atoms with van der Waals surface area (Å²) in [7, 11) is 0. The third-order valence-electron chi connectivity index (χ3n) is 3.86. The van der Waals surface area contributed by atoms with E-state index in [1.807, 2.05) is 22.8 Å². The molecule has 2 aliphatic heterocycles. The van der Waals surface area contributed by atoms with E-state index in [9.17, 15) is 14.4 Å². The van der Waals surface area contributed by atoms with Crippen LogP contribution < -0.4 is 15.5 Å². The maximum Gasteiger partial charge on any atom is 0.328 e. The Hall–Kier alpha value is -2.89. The van der Waals surface area contributed by atoms with Crippen LogP contribution in [0.25, 0.3) is 6.08 Å². The maximum atomic E-state index is 11.5. The molecule has 0 spiro atoms. The standard InChI is InChI=1S/C17H17N3O3/c21-15-14(16(22)19-17(23)18-15)5-3-4-12-6-8-13(9-7-12)20-10-1-2-11-20/h3-9H,1-2,10-11H2,(H2,18,19,21,22,23)/b4-3+. The lowest BCUT2D eigenvalue weighted by Gasteiger charge is -2.17. The molecule has 2 heterocycles. The van der Waals surface area contributed by atoms with E-state index in [1.54, 1.807) is 12.2 Å². The van der Waals surface area contributed by atoms with Crippen LogP contribution in [0.15, 0.2) is 42.0 Å². The van der Waals surface area contributed by atoms with Crippen molar-refractivity contribution < 1.29 is 14.4 Å². The van der Waals surface area contributed by atoms with Gasteiger partial charge in [-0.05, 0) is 36.6 Å². The van der Waals surface area contributed by atoms with Gasteiger partial charge in [0.1, 0.15) is 5.57 Å². The number of urea groups is 1. The summed E-state index contributed by atoms with van der Waals surface area (Å²) in [6, 6.07) is 7.33. The van der Waals surface area contributed by atoms with Crippen molar-refractivity contribution in [3.05, 3.63) is 47.6 Å². The molecule has 0 radical (unpaired) electrons. The number of allylic oxidation sites excluding steroid dienone is 2. The minimum absolute atomic E-state index is 0.0884. The van der Waals surface area contributed by atoms with Gasteiger partial charge in [-0.3, -0.25) is 20.2 Å². The van der Waals surface area contributed by atoms with Gasteiger partial charge in [-0.25, -0.2) is 4.79 Å². The summed E-state index contributed by atoms with van der Waals surface area (Å²) < 4.78 is 0. The van der Waals surface area contributed by atoms with E-state index in [1.165, 1.54) is 24.6 Å². The number of carbonyl (C=O) groups is 3. The molecule has 0 aromatic heterocycles. The molecule has 6 nitrogen and oxygen atoms in total. The number of amides is 4. The number of benzene rings is 1. The number of hydrogen-bond donors (Lipinski definition) is 2. The molecule has 2 fully saturated rings. The van der Waals surface area contributed by atoms with Crippen LogP contribution >= 0.6 is 0 Å². The molecule has 1 aromatic rings. The zero-order valence-electron chi connectivity index (χ0n) is 12.5. The van der Waals surface area contributed by atoms with E-state index in [0.29, 0.717) is 0 Å². The summed E-state index contributed by atoms with van der Waals surface area (Å²) in [6.45, 7) is 2.20. The Labute approximate surface area is 133 Å². The van der Waals surface area contributed by atoms with Crippen LogP contribution in [0.1, 0.15) is 18.4 Å². The highest BCUT2D eigenvalue weighted by Crippen LogP contribution is 2.20. The van der Waals surface area contributed by atoms with Crippen molar-refractivity contribution in [2.24, 2.45) is 0 Å². The third kappa shape index (κ3) is 3.48. The molecule has 1 aromatic carbocycles. The molecule has 2 saturated heterocycles. The van der Waals surface area contributed by atoms with E-state index in [-0.39, 0.29) is 5.57 Å². The van der Waals surface area contributed by atoms with Gasteiger partial charge < -0.3 is 4.90 Å². The number of carbonyl (C=O) groups excluding carboxylic acids is 3. The molecular weight excluding hydrogens is 294 g/mol. The average Bonchev–Trinajstić information content (AvgIpc) is 3.05. The minimum atomic E-state index is -0.793. The Balaban J connectivity index is 1.67. The zero-order valence-corrected chi connectivity index (χ0v) is 12.5. The van der Waals surface area contributed by atoms with E-state index in [0.717, 1.165) is 18.7 Å². The van der Waals surface area contributed by atoms with Crippen LogP contribution in [0.5, 0.6) is 0 Å². The highest BCUT2D eigenvalue weighted by atomic mass is 16.2. The van der Waals surface area contributed by atoms with Crippen molar-refractivity contribution in [3.8, 4) is 0 Å². The van der Waals surface area contributed by atoms with Gasteiger partial charge in [-0.15, -0.1) is 0 Å². The molecule has 0 unspecified atom stereocenters. The van der Waals surface area contributed by atoms with Crippen LogP contribution in [0.2, 0.25) is 0 Å². The van der Waals surface area contributed by atoms with E-state index in [4.69, 9.17) is 0 Å². The summed E-state index contributed by atoms with van der Waals surface area (Å²) in [4.78, 5) is 36.4. The summed E-state index contributed by atoms with van der Waals surface area (Å²) >= 11 is 0. The fourth-order valence-corrected chi connectivity index (χ4v) is 2.65. The first-order valence-corrected chi connectivity index (χ1v) is 7.53. The molecule has 2 aliphatic rings. The molecule has 118 valence electrons. The predicted molar refractivity (Wildman–Crippen MR) is 86.7 cm³/mol. The molecule has 0 saturated carbocycles. The molecule has 0 aliphatic carbocycles. The second-order valence-electron chi connectivity index (χ2n) is 5.46. The van der Waals surface area contributed by atoms with Crippen LogP contribution in [0.4, 0.5) is 10.5 Å². The predicted octanol–water partition coefficient (Wildman–Crippen LogP) is 1.59. The quantitative estimate of drug-likeness (QED) is 0.656. The van der Waals surface area contributed by atoms with Gasteiger partial charge in [0.25, 0.3) is 11.8 Å². The summed E-state index contributed by atoms with van der Waals surface area (Å²) in [5.74, 6) is -1.37. The number of nitrogens with one attached hydrogen (secondary N) is 2. The van der Waals surface area contributed by atoms with Gasteiger partial charge >= 0.3 is 6.03 Å². The van der Waals surface area contributed by atoms with Gasteiger partial charge in [-0.2, -0.15) is 0 Å². The van der Waals surface area contributed by atoms with Crippen molar-refractivity contribution in [2.45, 2.75) is 12.8 Å². The Kier molecular flexibility index (Phi) is 4.23. The number of nitrogens with zero attached hydrogens (tertiary/aromatic N) is 1. The van der Waals surface area contributed by atoms with Gasteiger partial charge in [-0.1, -0.05) is 24.3 Å². The second-order valence-corrected chi connectivity index (χ2v) is 5.46. The Morgan fingerprint density at radius 1 is 0.913 bits per heavy atom. The average molecular weight is 311 g/mol. The monoisotopic (exact) mass is 311 g/mol. The smallest absolute Gasteiger partial charge is 0.328 e. The lowest BCUT2D eigenvalue weighted by molar-refractivity contribution is -0.124. The van der Waals surface area contributed by atoms with E-state index in [2.05, 4.69) is 17.0 Å². The number of rotatable bonds is 3. The van der Waals surface area contributed by atoms with Gasteiger partial charge in [0, 0.05) is 18.8 Å². The molecule has 0 atom stereocenters. The number of hydrogen-bond acceptors (Lipinski definition) is 4. The number of imide groups is 2. The van der Waals surface area contributed by atoms with Crippen molar-refractivity contribution in [2.75, 3.05) is 18.0 Å². The van der Waals surface area contributed by atoms with Gasteiger partial charge in [0.05, 0.1) is 0 Å². The Morgan fingerprint density at radius 3 is 2.13 bits per heavy atom. The normalized spacial score (nSPS) is 18.3. The summed E-state index contributed by atoms with van der Waals surface area (Å²) in [5.41, 5.74) is 2.09. The van der Waals surface area contributed by atoms with E-state index < -0.39 is 17.8 Å². The van der Waals surface area contributed by atoms with Crippen molar-refractivity contribution in [1.82, 2.24) is 10.6 Å². The van der Waals surface area contributed by atoms with Crippen LogP contribution in [-0.2, 0) is 9.59 Å². The minimum Gasteiger partial charge on any atom is -0.372 e. The van der Waals surface area contributed by atoms with Gasteiger partial charge in [0.15, 0.2) is 0 Å². The van der Waals surface area contributed by atoms with Crippen molar-refractivity contribution in [3.63, 3.8) is 0 Å². The molecule has 3 rings (SSSR count). The Bertz CT molecular complexity index is 676. The molecule has 0 bridgehead atoms. The fraction of sp³-hybridized carbons (Fsp3) is 0.235. The largest absolute Gasteiger partial charge is 0.372 e. The zero-order chi connectivity index (χ0) is 16.2. The number of barbiturate groups is 1. The highest BCUT2D eigenvalue weighted by Gasteiger charge is 2.26. The first kappa shape index (κ1) is 15.0. The fourth-order valence-electron chi connectivity index (χ4n) is 2.65.